The molecule has 0 unspecified atom stereocenters. The molecule has 0 aliphatic rings. The topological polar surface area (TPSA) is 86.2 Å². The van der Waals surface area contributed by atoms with Crippen LogP contribution in [0.1, 0.15) is 0 Å². The van der Waals surface area contributed by atoms with E-state index in [0.717, 1.165) is 0 Å². The second-order valence-electron chi connectivity index (χ2n) is 0.272. The Kier molecular flexibility index (Phi) is 189. The van der Waals surface area contributed by atoms with Crippen molar-refractivity contribution >= 4 is 21.2 Å². The van der Waals surface area contributed by atoms with Crippen LogP contribution in [-0.2, 0) is 9.59 Å². The molecule has 0 bridgehead atoms. The van der Waals surface area contributed by atoms with E-state index in [9.17, 15) is 0 Å². The maximum atomic E-state index is 8.58. The van der Waals surface area contributed by atoms with Gasteiger partial charge in [-0.2, -0.15) is 0 Å². The second kappa shape index (κ2) is 79.5. The molecule has 0 fully saturated rings. The monoisotopic (exact) mass is 101 g/mol. The lowest BCUT2D eigenvalue weighted by Gasteiger charge is -1.32. The Morgan fingerprint density at radius 1 is 1.00 bits per heavy atom. The molecule has 0 aliphatic carbocycles. The van der Waals surface area contributed by atoms with Crippen LogP contribution >= 0.6 is 0 Å². The zero-order valence-electron chi connectivity index (χ0n) is 3.70. The molecule has 0 atom stereocenters. The quantitative estimate of drug-likeness (QED) is 0.268. The molecule has 5 heteroatoms. The number of carbonyl (C=O) groups is 2. The summed E-state index contributed by atoms with van der Waals surface area (Å²) in [4.78, 5) is 17.2. The van der Waals surface area contributed by atoms with Gasteiger partial charge in [0.05, 0.1) is 0 Å². The molecule has 0 saturated heterocycles. The van der Waals surface area contributed by atoms with Crippen LogP contribution in [0.3, 0.4) is 0 Å². The highest BCUT2D eigenvalue weighted by Gasteiger charge is 1.19. The van der Waals surface area contributed by atoms with Crippen molar-refractivity contribution in [2.24, 2.45) is 11.5 Å². The van der Waals surface area contributed by atoms with E-state index in [1.165, 1.54) is 0 Å². The van der Waals surface area contributed by atoms with Crippen molar-refractivity contribution in [3.63, 3.8) is 0 Å². The van der Waals surface area contributed by atoms with Crippen molar-refractivity contribution < 1.29 is 9.59 Å². The number of nitrogens with two attached hydrogens (primary N) is 2. The summed E-state index contributed by atoms with van der Waals surface area (Å²) in [6.07, 6.45) is 0.500. The van der Waals surface area contributed by atoms with E-state index in [4.69, 9.17) is 9.59 Å². The van der Waals surface area contributed by atoms with Crippen molar-refractivity contribution in [1.29, 1.82) is 0 Å². The van der Waals surface area contributed by atoms with Crippen molar-refractivity contribution in [2.45, 2.75) is 0 Å². The van der Waals surface area contributed by atoms with Crippen LogP contribution in [0.15, 0.2) is 0 Å². The molecule has 0 saturated carbocycles. The predicted octanol–water partition coefficient (Wildman–Crippen LogP) is -2.18. The molecule has 0 aromatic carbocycles. The van der Waals surface area contributed by atoms with E-state index in [0.29, 0.717) is 0 Å². The summed E-state index contributed by atoms with van der Waals surface area (Å²) in [7, 11) is 0. The Labute approximate surface area is 43.4 Å². The van der Waals surface area contributed by atoms with Gasteiger partial charge < -0.3 is 11.5 Å². The molecule has 0 heterocycles. The highest BCUT2D eigenvalue weighted by Crippen LogP contribution is 0.801. The summed E-state index contributed by atoms with van der Waals surface area (Å²) in [5.41, 5.74) is 8.33. The third kappa shape index (κ3) is 45.6. The molecule has 0 aromatic rings. The fourth-order valence-corrected chi connectivity index (χ4v) is 0. The van der Waals surface area contributed by atoms with Gasteiger partial charge in [-0.05, 0) is 0 Å². The van der Waals surface area contributed by atoms with E-state index in [2.05, 4.69) is 11.5 Å². The van der Waals surface area contributed by atoms with Crippen molar-refractivity contribution in [1.82, 2.24) is 0 Å². The van der Waals surface area contributed by atoms with Crippen LogP contribution in [0.25, 0.3) is 0 Å². The molecule has 4 N–H and O–H groups in total. The number of hydrogen-bond acceptors (Lipinski definition) is 2. The van der Waals surface area contributed by atoms with Crippen LogP contribution < -0.4 is 11.5 Å². The average molecular weight is 101 g/mol. The Hall–Kier alpha value is -0.995. The van der Waals surface area contributed by atoms with Gasteiger partial charge in [0.1, 0.15) is 0 Å². The van der Waals surface area contributed by atoms with Crippen molar-refractivity contribution in [2.75, 3.05) is 0 Å². The highest BCUT2D eigenvalue weighted by molar-refractivity contribution is 5.75. The normalized spacial score (nSPS) is 3.43. The molecule has 0 aromatic heterocycles. The first-order valence-corrected chi connectivity index (χ1v) is 1.14. The van der Waals surface area contributed by atoms with Crippen molar-refractivity contribution in [3.05, 3.63) is 0 Å². The van der Waals surface area contributed by atoms with Gasteiger partial charge in [0, 0.05) is 8.41 Å². The van der Waals surface area contributed by atoms with Crippen LogP contribution in [0.4, 0.5) is 0 Å². The van der Waals surface area contributed by atoms with Crippen LogP contribution in [0.2, 0.25) is 0 Å². The Morgan fingerprint density at radius 3 is 1.00 bits per heavy atom. The summed E-state index contributed by atoms with van der Waals surface area (Å²) in [6.45, 7) is 0. The molecule has 7 heavy (non-hydrogen) atoms. The van der Waals surface area contributed by atoms with Crippen LogP contribution in [0, 0.1) is 0 Å². The first-order valence-electron chi connectivity index (χ1n) is 1.14. The zero-order valence-corrected chi connectivity index (χ0v) is 3.70. The summed E-state index contributed by atoms with van der Waals surface area (Å²) in [5.74, 6) is 0. The molecular weight excluding hydrogens is 94.8 g/mol. The van der Waals surface area contributed by atoms with E-state index >= 15 is 0 Å². The lowest BCUT2D eigenvalue weighted by Crippen LogP contribution is -1.82. The summed E-state index contributed by atoms with van der Waals surface area (Å²) in [5, 5.41) is 0. The highest BCUT2D eigenvalue weighted by atomic mass is 16.1. The first-order chi connectivity index (χ1) is 2.83. The first kappa shape index (κ1) is 16.7. The average Bonchev–Trinajstić information content (AvgIpc) is 1.39. The molecule has 0 aliphatic heterocycles. The standard InChI is InChI=1S/2CH3NO.B/c2*2-1-3;/h2*1H,(H2,2,3);. The number of amides is 2. The number of rotatable bonds is 0. The maximum Gasteiger partial charge on any atom is 0.204 e. The van der Waals surface area contributed by atoms with Gasteiger partial charge in [0.2, 0.25) is 12.8 Å². The number of primary amides is 2. The molecule has 3 radical (unpaired) electrons. The molecule has 2 amide bonds. The minimum absolute atomic E-state index is 0. The Morgan fingerprint density at radius 2 is 1.00 bits per heavy atom. The lowest BCUT2D eigenvalue weighted by atomic mass is 10.8. The third-order valence-corrected chi connectivity index (χ3v) is 0. The van der Waals surface area contributed by atoms with Gasteiger partial charge in [0.25, 0.3) is 0 Å². The Bertz CT molecular complexity index is 34.7. The minimum atomic E-state index is 0. The van der Waals surface area contributed by atoms with Gasteiger partial charge >= 0.3 is 0 Å². The van der Waals surface area contributed by atoms with Gasteiger partial charge in [-0.15, -0.1) is 0 Å². The van der Waals surface area contributed by atoms with Crippen LogP contribution in [-0.4, -0.2) is 21.2 Å². The van der Waals surface area contributed by atoms with Gasteiger partial charge in [-0.3, -0.25) is 9.59 Å². The van der Waals surface area contributed by atoms with Crippen LogP contribution in [0.5, 0.6) is 0 Å². The van der Waals surface area contributed by atoms with Gasteiger partial charge in [-0.25, -0.2) is 0 Å². The maximum absolute atomic E-state index is 8.58. The summed E-state index contributed by atoms with van der Waals surface area (Å²) in [6, 6.07) is 0. The van der Waals surface area contributed by atoms with E-state index in [1.807, 2.05) is 0 Å². The van der Waals surface area contributed by atoms with Gasteiger partial charge in [0.15, 0.2) is 0 Å². The SMILES string of the molecule is NC=O.NC=O.[B]. The van der Waals surface area contributed by atoms with E-state index in [-0.39, 0.29) is 21.2 Å². The van der Waals surface area contributed by atoms with E-state index in [1.54, 1.807) is 0 Å². The van der Waals surface area contributed by atoms with Gasteiger partial charge in [-0.1, -0.05) is 0 Å². The number of hydrogen-bond donors (Lipinski definition) is 2. The fraction of sp³-hybridized carbons (Fsp3) is 0. The minimum Gasteiger partial charge on any atom is -0.372 e. The Balaban J connectivity index is -0.0000000400. The third-order valence-electron chi connectivity index (χ3n) is 0. The summed E-state index contributed by atoms with van der Waals surface area (Å²) >= 11 is 0. The smallest absolute Gasteiger partial charge is 0.204 e. The number of carbonyl (C=O) groups excluding carboxylic acids is 2. The predicted molar refractivity (Wildman–Crippen MR) is 26.3 cm³/mol. The molecule has 0 spiro atoms. The lowest BCUT2D eigenvalue weighted by molar-refractivity contribution is -0.107. The molecular formula is C2H6BN2O2. The van der Waals surface area contributed by atoms with Crippen molar-refractivity contribution in [3.8, 4) is 0 Å². The fourth-order valence-electron chi connectivity index (χ4n) is 0. The largest absolute Gasteiger partial charge is 0.372 e. The summed E-state index contributed by atoms with van der Waals surface area (Å²) < 4.78 is 0. The molecule has 0 rings (SSSR count). The molecule has 39 valence electrons. The molecule has 4 nitrogen and oxygen atoms in total. The van der Waals surface area contributed by atoms with E-state index < -0.39 is 0 Å². The second-order valence-corrected chi connectivity index (χ2v) is 0.272. The zero-order chi connectivity index (χ0) is 5.41.